The first-order valence-corrected chi connectivity index (χ1v) is 21.0. The second-order valence-corrected chi connectivity index (χ2v) is 16.6. The molecule has 0 amide bonds. The number of hydrogen-bond donors (Lipinski definition) is 0. The third-order valence-corrected chi connectivity index (χ3v) is 13.5. The van der Waals surface area contributed by atoms with Crippen LogP contribution in [0, 0.1) is 0 Å². The van der Waals surface area contributed by atoms with Crippen LogP contribution >= 0.6 is 11.3 Å². The second-order valence-electron chi connectivity index (χ2n) is 15.6. The summed E-state index contributed by atoms with van der Waals surface area (Å²) in [6.45, 7) is 0. The van der Waals surface area contributed by atoms with E-state index in [1.165, 1.54) is 53.5 Å². The normalized spacial score (nSPS) is 14.9. The van der Waals surface area contributed by atoms with Crippen molar-refractivity contribution >= 4 is 109 Å². The van der Waals surface area contributed by atoms with E-state index < -0.39 is 0 Å². The molecule has 0 fully saturated rings. The Kier molecular flexibility index (Phi) is 6.97. The molecule has 0 bridgehead atoms. The predicted octanol–water partition coefficient (Wildman–Crippen LogP) is 15.9. The van der Waals surface area contributed by atoms with Gasteiger partial charge in [0.1, 0.15) is 22.3 Å². The van der Waals surface area contributed by atoms with E-state index in [1.54, 1.807) is 0 Å². The van der Waals surface area contributed by atoms with E-state index in [9.17, 15) is 0 Å². The van der Waals surface area contributed by atoms with Crippen LogP contribution in [-0.2, 0) is 0 Å². The third kappa shape index (κ3) is 4.89. The fourth-order valence-corrected chi connectivity index (χ4v) is 10.9. The minimum absolute atomic E-state index is 0.142. The van der Waals surface area contributed by atoms with Gasteiger partial charge in [-0.3, -0.25) is 0 Å². The summed E-state index contributed by atoms with van der Waals surface area (Å²) in [5, 5.41) is 7.16. The Labute approximate surface area is 343 Å². The van der Waals surface area contributed by atoms with Crippen LogP contribution in [0.2, 0.25) is 0 Å². The molecule has 1 aliphatic carbocycles. The third-order valence-electron chi connectivity index (χ3n) is 12.3. The van der Waals surface area contributed by atoms with Gasteiger partial charge >= 0.3 is 0 Å². The highest BCUT2D eigenvalue weighted by molar-refractivity contribution is 7.25. The van der Waals surface area contributed by atoms with E-state index in [0.717, 1.165) is 67.7 Å². The molecule has 278 valence electrons. The molecule has 4 heterocycles. The van der Waals surface area contributed by atoms with E-state index >= 15 is 0 Å². The summed E-state index contributed by atoms with van der Waals surface area (Å²) in [5.74, 6) is 0. The number of anilines is 5. The van der Waals surface area contributed by atoms with E-state index in [0.29, 0.717) is 0 Å². The van der Waals surface area contributed by atoms with Crippen molar-refractivity contribution in [3.63, 3.8) is 0 Å². The van der Waals surface area contributed by atoms with E-state index in [1.807, 2.05) is 23.5 Å². The molecule has 59 heavy (non-hydrogen) atoms. The molecule has 1 aliphatic heterocycles. The average Bonchev–Trinajstić information content (AvgIpc) is 4.05. The highest BCUT2D eigenvalue weighted by Crippen LogP contribution is 2.55. The van der Waals surface area contributed by atoms with Gasteiger partial charge in [0.2, 0.25) is 0 Å². The predicted molar refractivity (Wildman–Crippen MR) is 248 cm³/mol. The standard InChI is InChI=1S/C54H34N2O2S/c1-2-12-34(13-3-1)55(37-27-28-39-38-14-5-9-19-46(38)57-48(39)31-37)35-23-25-36(26-24-35)56-44-18-8-4-16-41(44)53-45(56)32-49-54(42-17-6-10-20-47(42)58-49)52(53)33-22-29-51-43(30-33)40-15-7-11-21-50(40)59-51/h1-17,19-32,44H,18H2. The van der Waals surface area contributed by atoms with Gasteiger partial charge in [-0.2, -0.15) is 0 Å². The van der Waals surface area contributed by atoms with E-state index in [4.69, 9.17) is 8.83 Å². The van der Waals surface area contributed by atoms with Crippen molar-refractivity contribution in [2.24, 2.45) is 0 Å². The van der Waals surface area contributed by atoms with E-state index in [-0.39, 0.29) is 6.04 Å². The molecule has 0 N–H and O–H groups in total. The lowest BCUT2D eigenvalue weighted by atomic mass is 9.87. The number of para-hydroxylation sites is 3. The van der Waals surface area contributed by atoms with Crippen molar-refractivity contribution in [3.05, 3.63) is 194 Å². The molecule has 11 aromatic rings. The van der Waals surface area contributed by atoms with Gasteiger partial charge in [0, 0.05) is 87.7 Å². The Bertz CT molecular complexity index is 3550. The first-order valence-electron chi connectivity index (χ1n) is 20.2. The Morgan fingerprint density at radius 1 is 0.508 bits per heavy atom. The van der Waals surface area contributed by atoms with E-state index in [2.05, 4.69) is 186 Å². The molecule has 0 radical (unpaired) electrons. The molecule has 0 spiro atoms. The smallest absolute Gasteiger partial charge is 0.138 e. The lowest BCUT2D eigenvalue weighted by Gasteiger charge is -2.30. The molecule has 13 rings (SSSR count). The highest BCUT2D eigenvalue weighted by atomic mass is 32.1. The number of furan rings is 2. The maximum absolute atomic E-state index is 6.74. The summed E-state index contributed by atoms with van der Waals surface area (Å²) in [6, 6.07) is 61.2. The number of rotatable bonds is 5. The molecule has 1 atom stereocenters. The van der Waals surface area contributed by atoms with Gasteiger partial charge in [-0.05, 0) is 96.4 Å². The largest absolute Gasteiger partial charge is 0.456 e. The second kappa shape index (κ2) is 12.6. The van der Waals surface area contributed by atoms with Crippen LogP contribution in [0.1, 0.15) is 12.0 Å². The van der Waals surface area contributed by atoms with Crippen molar-refractivity contribution in [3.8, 4) is 11.1 Å². The van der Waals surface area contributed by atoms with Crippen molar-refractivity contribution in [1.29, 1.82) is 0 Å². The number of benzene rings is 8. The van der Waals surface area contributed by atoms with Crippen molar-refractivity contribution < 1.29 is 8.83 Å². The zero-order valence-corrected chi connectivity index (χ0v) is 32.6. The van der Waals surface area contributed by atoms with Crippen molar-refractivity contribution in [2.75, 3.05) is 9.80 Å². The number of allylic oxidation sites excluding steroid dienone is 2. The van der Waals surface area contributed by atoms with Gasteiger partial charge in [-0.1, -0.05) is 97.1 Å². The molecule has 2 aliphatic rings. The summed E-state index contributed by atoms with van der Waals surface area (Å²) in [7, 11) is 0. The molecule has 5 heteroatoms. The first-order chi connectivity index (χ1) is 29.2. The van der Waals surface area contributed by atoms with Crippen LogP contribution in [0.15, 0.2) is 197 Å². The number of fused-ring (bicyclic) bond motifs is 12. The fourth-order valence-electron chi connectivity index (χ4n) is 9.76. The van der Waals surface area contributed by atoms with Gasteiger partial charge in [0.15, 0.2) is 0 Å². The van der Waals surface area contributed by atoms with Crippen molar-refractivity contribution in [1.82, 2.24) is 0 Å². The quantitative estimate of drug-likeness (QED) is 0.174. The molecular weight excluding hydrogens is 741 g/mol. The lowest BCUT2D eigenvalue weighted by Crippen LogP contribution is -2.27. The van der Waals surface area contributed by atoms with Crippen LogP contribution in [-0.4, -0.2) is 6.04 Å². The Balaban J connectivity index is 0.992. The van der Waals surface area contributed by atoms with Gasteiger partial charge in [-0.25, -0.2) is 0 Å². The Hall–Kier alpha value is -7.34. The molecule has 0 saturated carbocycles. The maximum atomic E-state index is 6.74. The number of hydrogen-bond acceptors (Lipinski definition) is 5. The zero-order valence-electron chi connectivity index (χ0n) is 31.8. The van der Waals surface area contributed by atoms with Gasteiger partial charge in [-0.15, -0.1) is 11.3 Å². The summed E-state index contributed by atoms with van der Waals surface area (Å²) in [4.78, 5) is 4.85. The summed E-state index contributed by atoms with van der Waals surface area (Å²) in [5.41, 5.74) is 14.1. The van der Waals surface area contributed by atoms with Gasteiger partial charge in [0.05, 0.1) is 11.7 Å². The summed E-state index contributed by atoms with van der Waals surface area (Å²) < 4.78 is 15.7. The average molecular weight is 775 g/mol. The fraction of sp³-hybridized carbons (Fsp3) is 0.0370. The SMILES string of the molecule is C1=CCC2C(=C1)c1c(cc3oc4ccccc4c3c1-c1ccc3sc4ccccc4c3c1)N2c1ccc(N(c2ccccc2)c2ccc3c(c2)oc2ccccc23)cc1. The molecule has 1 unspecified atom stereocenters. The molecule has 3 aromatic heterocycles. The summed E-state index contributed by atoms with van der Waals surface area (Å²) >= 11 is 1.86. The summed E-state index contributed by atoms with van der Waals surface area (Å²) in [6.07, 6.45) is 7.78. The Morgan fingerprint density at radius 2 is 1.19 bits per heavy atom. The number of nitrogens with zero attached hydrogens (tertiary/aromatic N) is 2. The van der Waals surface area contributed by atoms with Crippen LogP contribution in [0.5, 0.6) is 0 Å². The topological polar surface area (TPSA) is 32.8 Å². The highest BCUT2D eigenvalue weighted by Gasteiger charge is 2.39. The van der Waals surface area contributed by atoms with Crippen molar-refractivity contribution in [2.45, 2.75) is 12.5 Å². The minimum Gasteiger partial charge on any atom is -0.456 e. The zero-order chi connectivity index (χ0) is 38.6. The maximum Gasteiger partial charge on any atom is 0.138 e. The van der Waals surface area contributed by atoms with Gasteiger partial charge in [0.25, 0.3) is 0 Å². The van der Waals surface area contributed by atoms with Crippen LogP contribution in [0.4, 0.5) is 28.4 Å². The van der Waals surface area contributed by atoms with Crippen LogP contribution < -0.4 is 9.80 Å². The molecule has 4 nitrogen and oxygen atoms in total. The van der Waals surface area contributed by atoms with Crippen LogP contribution in [0.25, 0.3) is 80.7 Å². The molecule has 0 saturated heterocycles. The first kappa shape index (κ1) is 32.7. The van der Waals surface area contributed by atoms with Crippen LogP contribution in [0.3, 0.4) is 0 Å². The molecular formula is C54H34N2O2S. The number of thiophene rings is 1. The Morgan fingerprint density at radius 3 is 2.05 bits per heavy atom. The molecule has 8 aromatic carbocycles. The monoisotopic (exact) mass is 774 g/mol. The minimum atomic E-state index is 0.142. The van der Waals surface area contributed by atoms with Gasteiger partial charge < -0.3 is 18.6 Å². The lowest BCUT2D eigenvalue weighted by molar-refractivity contribution is 0.668.